The summed E-state index contributed by atoms with van der Waals surface area (Å²) in [6.45, 7) is 5.52. The van der Waals surface area contributed by atoms with E-state index in [1.54, 1.807) is 19.2 Å². The smallest absolute Gasteiger partial charge is 0.307 e. The SMILES string of the molecule is COc1ccc(C(CC(=O)OC(C)(C)C)c2ccccc2)c(C=O)c1. The van der Waals surface area contributed by atoms with Gasteiger partial charge in [-0.2, -0.15) is 0 Å². The highest BCUT2D eigenvalue weighted by Gasteiger charge is 2.24. The van der Waals surface area contributed by atoms with Crippen LogP contribution in [0.5, 0.6) is 5.75 Å². The fourth-order valence-electron chi connectivity index (χ4n) is 2.74. The first-order chi connectivity index (χ1) is 11.8. The van der Waals surface area contributed by atoms with E-state index in [0.29, 0.717) is 11.3 Å². The van der Waals surface area contributed by atoms with Crippen molar-refractivity contribution in [1.29, 1.82) is 0 Å². The van der Waals surface area contributed by atoms with Gasteiger partial charge in [0.1, 0.15) is 17.6 Å². The Morgan fingerprint density at radius 2 is 1.80 bits per heavy atom. The van der Waals surface area contributed by atoms with E-state index in [9.17, 15) is 9.59 Å². The van der Waals surface area contributed by atoms with Crippen LogP contribution in [0.2, 0.25) is 0 Å². The van der Waals surface area contributed by atoms with Crippen LogP contribution >= 0.6 is 0 Å². The molecule has 0 amide bonds. The highest BCUT2D eigenvalue weighted by molar-refractivity contribution is 5.80. The van der Waals surface area contributed by atoms with Crippen molar-refractivity contribution in [3.8, 4) is 5.75 Å². The molecule has 132 valence electrons. The number of ether oxygens (including phenoxy) is 2. The summed E-state index contributed by atoms with van der Waals surface area (Å²) in [6, 6.07) is 15.0. The number of carbonyl (C=O) groups excluding carboxylic acids is 2. The first kappa shape index (κ1) is 18.7. The molecule has 0 N–H and O–H groups in total. The van der Waals surface area contributed by atoms with Gasteiger partial charge in [-0.05, 0) is 44.0 Å². The van der Waals surface area contributed by atoms with E-state index in [2.05, 4.69) is 0 Å². The third-order valence-electron chi connectivity index (χ3n) is 3.79. The minimum Gasteiger partial charge on any atom is -0.497 e. The van der Waals surface area contributed by atoms with Crippen LogP contribution in [0.15, 0.2) is 48.5 Å². The predicted octanol–water partition coefficient (Wildman–Crippen LogP) is 4.37. The molecule has 25 heavy (non-hydrogen) atoms. The van der Waals surface area contributed by atoms with Crippen molar-refractivity contribution in [2.24, 2.45) is 0 Å². The van der Waals surface area contributed by atoms with Crippen molar-refractivity contribution in [2.45, 2.75) is 38.7 Å². The van der Waals surface area contributed by atoms with Gasteiger partial charge in [0, 0.05) is 11.5 Å². The summed E-state index contributed by atoms with van der Waals surface area (Å²) in [5, 5.41) is 0. The van der Waals surface area contributed by atoms with Crippen molar-refractivity contribution >= 4 is 12.3 Å². The summed E-state index contributed by atoms with van der Waals surface area (Å²) in [5.74, 6) is 0.0473. The van der Waals surface area contributed by atoms with Gasteiger partial charge in [-0.1, -0.05) is 36.4 Å². The number of methoxy groups -OCH3 is 1. The summed E-state index contributed by atoms with van der Waals surface area (Å²) in [7, 11) is 1.55. The summed E-state index contributed by atoms with van der Waals surface area (Å²) in [5.41, 5.74) is 1.71. The maximum absolute atomic E-state index is 12.4. The molecule has 0 bridgehead atoms. The Hall–Kier alpha value is -2.62. The van der Waals surface area contributed by atoms with Crippen LogP contribution in [0.3, 0.4) is 0 Å². The molecule has 0 radical (unpaired) electrons. The van der Waals surface area contributed by atoms with Crippen LogP contribution in [0.1, 0.15) is 54.6 Å². The van der Waals surface area contributed by atoms with Gasteiger partial charge in [-0.15, -0.1) is 0 Å². The lowest BCUT2D eigenvalue weighted by Gasteiger charge is -2.23. The lowest BCUT2D eigenvalue weighted by molar-refractivity contribution is -0.155. The third-order valence-corrected chi connectivity index (χ3v) is 3.79. The maximum Gasteiger partial charge on any atom is 0.307 e. The molecule has 2 aromatic rings. The standard InChI is InChI=1S/C21H24O4/c1-21(2,3)25-20(23)13-19(15-8-6-5-7-9-15)18-11-10-17(24-4)12-16(18)14-22/h5-12,14,19H,13H2,1-4H3. The van der Waals surface area contributed by atoms with Crippen LogP contribution in [0.25, 0.3) is 0 Å². The molecule has 0 spiro atoms. The first-order valence-electron chi connectivity index (χ1n) is 8.24. The highest BCUT2D eigenvalue weighted by Crippen LogP contribution is 2.32. The molecule has 0 aliphatic carbocycles. The molecule has 0 saturated heterocycles. The van der Waals surface area contributed by atoms with E-state index in [0.717, 1.165) is 17.4 Å². The van der Waals surface area contributed by atoms with Gasteiger partial charge in [0.25, 0.3) is 0 Å². The van der Waals surface area contributed by atoms with Crippen molar-refractivity contribution in [1.82, 2.24) is 0 Å². The Labute approximate surface area is 148 Å². The van der Waals surface area contributed by atoms with Crippen LogP contribution in [-0.2, 0) is 9.53 Å². The summed E-state index contributed by atoms with van der Waals surface area (Å²) in [6.07, 6.45) is 0.956. The summed E-state index contributed by atoms with van der Waals surface area (Å²) in [4.78, 5) is 24.0. The minimum atomic E-state index is -0.550. The highest BCUT2D eigenvalue weighted by atomic mass is 16.6. The number of carbonyl (C=O) groups is 2. The molecule has 1 atom stereocenters. The number of benzene rings is 2. The number of esters is 1. The summed E-state index contributed by atoms with van der Waals surface area (Å²) < 4.78 is 10.7. The van der Waals surface area contributed by atoms with Gasteiger partial charge in [0.2, 0.25) is 0 Å². The average Bonchev–Trinajstić information content (AvgIpc) is 2.58. The van der Waals surface area contributed by atoms with Gasteiger partial charge in [-0.25, -0.2) is 0 Å². The lowest BCUT2D eigenvalue weighted by atomic mass is 9.86. The zero-order valence-corrected chi connectivity index (χ0v) is 15.1. The fourth-order valence-corrected chi connectivity index (χ4v) is 2.74. The molecule has 2 aromatic carbocycles. The average molecular weight is 340 g/mol. The molecule has 0 aromatic heterocycles. The van der Waals surface area contributed by atoms with Crippen molar-refractivity contribution < 1.29 is 19.1 Å². The second kappa shape index (κ2) is 7.97. The van der Waals surface area contributed by atoms with E-state index >= 15 is 0 Å². The largest absolute Gasteiger partial charge is 0.497 e. The van der Waals surface area contributed by atoms with Crippen LogP contribution in [0, 0.1) is 0 Å². The van der Waals surface area contributed by atoms with Crippen molar-refractivity contribution in [2.75, 3.05) is 7.11 Å². The van der Waals surface area contributed by atoms with Gasteiger partial charge in [0.05, 0.1) is 13.5 Å². The van der Waals surface area contributed by atoms with Crippen LogP contribution in [0.4, 0.5) is 0 Å². The molecule has 0 saturated carbocycles. The fraction of sp³-hybridized carbons (Fsp3) is 0.333. The molecule has 0 aliphatic heterocycles. The number of hydrogen-bond donors (Lipinski definition) is 0. The van der Waals surface area contributed by atoms with Gasteiger partial charge in [0.15, 0.2) is 0 Å². The molecule has 4 nitrogen and oxygen atoms in total. The molecule has 4 heteroatoms. The Morgan fingerprint density at radius 3 is 2.36 bits per heavy atom. The molecule has 1 unspecified atom stereocenters. The number of hydrogen-bond acceptors (Lipinski definition) is 4. The quantitative estimate of drug-likeness (QED) is 0.579. The minimum absolute atomic E-state index is 0.161. The monoisotopic (exact) mass is 340 g/mol. The second-order valence-corrected chi connectivity index (χ2v) is 6.87. The summed E-state index contributed by atoms with van der Waals surface area (Å²) >= 11 is 0. The van der Waals surface area contributed by atoms with Crippen LogP contribution < -0.4 is 4.74 Å². The molecular formula is C21H24O4. The molecule has 2 rings (SSSR count). The molecular weight excluding hydrogens is 316 g/mol. The van der Waals surface area contributed by atoms with E-state index in [-0.39, 0.29) is 18.3 Å². The van der Waals surface area contributed by atoms with Crippen molar-refractivity contribution in [3.05, 3.63) is 65.2 Å². The van der Waals surface area contributed by atoms with Gasteiger partial charge in [-0.3, -0.25) is 9.59 Å². The zero-order chi connectivity index (χ0) is 18.4. The normalized spacial score (nSPS) is 12.3. The second-order valence-electron chi connectivity index (χ2n) is 6.87. The molecule has 0 aliphatic rings. The zero-order valence-electron chi connectivity index (χ0n) is 15.1. The van der Waals surface area contributed by atoms with E-state index in [1.807, 2.05) is 57.2 Å². The molecule has 0 fully saturated rings. The molecule has 0 heterocycles. The Kier molecular flexibility index (Phi) is 5.97. The van der Waals surface area contributed by atoms with E-state index < -0.39 is 5.60 Å². The first-order valence-corrected chi connectivity index (χ1v) is 8.24. The lowest BCUT2D eigenvalue weighted by Crippen LogP contribution is -2.25. The number of rotatable bonds is 6. The van der Waals surface area contributed by atoms with E-state index in [1.165, 1.54) is 0 Å². The van der Waals surface area contributed by atoms with Gasteiger partial charge >= 0.3 is 5.97 Å². The van der Waals surface area contributed by atoms with E-state index in [4.69, 9.17) is 9.47 Å². The topological polar surface area (TPSA) is 52.6 Å². The van der Waals surface area contributed by atoms with Crippen molar-refractivity contribution in [3.63, 3.8) is 0 Å². The van der Waals surface area contributed by atoms with Crippen LogP contribution in [-0.4, -0.2) is 25.0 Å². The predicted molar refractivity (Wildman–Crippen MR) is 97.1 cm³/mol. The number of aldehydes is 1. The third kappa shape index (κ3) is 5.18. The Balaban J connectivity index is 2.42. The van der Waals surface area contributed by atoms with Gasteiger partial charge < -0.3 is 9.47 Å². The Bertz CT molecular complexity index is 729. The maximum atomic E-state index is 12.4. The Morgan fingerprint density at radius 1 is 1.12 bits per heavy atom.